The molecule has 0 amide bonds. The summed E-state index contributed by atoms with van der Waals surface area (Å²) in [6.07, 6.45) is 12.3. The highest BCUT2D eigenvalue weighted by molar-refractivity contribution is 5.90. The molecule has 3 saturated carbocycles. The lowest BCUT2D eigenvalue weighted by atomic mass is 9.60. The fourth-order valence-corrected chi connectivity index (χ4v) is 8.66. The van der Waals surface area contributed by atoms with Crippen molar-refractivity contribution in [2.24, 2.45) is 40.9 Å². The van der Waals surface area contributed by atoms with Crippen molar-refractivity contribution in [1.29, 1.82) is 0 Å². The van der Waals surface area contributed by atoms with Crippen molar-refractivity contribution in [3.8, 4) is 0 Å². The number of carbonyl (C=O) groups excluding carboxylic acids is 1. The lowest BCUT2D eigenvalue weighted by molar-refractivity contribution is -0.140. The second-order valence-electron chi connectivity index (χ2n) is 13.7. The average molecular weight is 541 g/mol. The van der Waals surface area contributed by atoms with Crippen molar-refractivity contribution in [1.82, 2.24) is 0 Å². The van der Waals surface area contributed by atoms with E-state index in [1.54, 1.807) is 0 Å². The first-order valence-electron chi connectivity index (χ1n) is 15.4. The van der Waals surface area contributed by atoms with E-state index in [1.165, 1.54) is 31.3 Å². The Morgan fingerprint density at radius 2 is 1.85 bits per heavy atom. The van der Waals surface area contributed by atoms with E-state index < -0.39 is 12.2 Å². The number of cyclic esters (lactones) is 1. The Bertz CT molecular complexity index is 992. The quantitative estimate of drug-likeness (QED) is 0.236. The Morgan fingerprint density at radius 3 is 2.54 bits per heavy atom. The van der Waals surface area contributed by atoms with Gasteiger partial charge in [-0.05, 0) is 104 Å². The lowest BCUT2D eigenvalue weighted by Gasteiger charge is -2.45. The maximum atomic E-state index is 12.4. The summed E-state index contributed by atoms with van der Waals surface area (Å²) in [6, 6.07) is 0. The first-order valence-corrected chi connectivity index (χ1v) is 15.4. The fourth-order valence-electron chi connectivity index (χ4n) is 8.66. The van der Waals surface area contributed by atoms with Crippen LogP contribution >= 0.6 is 0 Å². The van der Waals surface area contributed by atoms with Crippen LogP contribution in [0.5, 0.6) is 0 Å². The van der Waals surface area contributed by atoms with Crippen LogP contribution in [-0.4, -0.2) is 46.2 Å². The molecule has 0 aromatic carbocycles. The minimum absolute atomic E-state index is 0.0511. The molecule has 0 aromatic rings. The molecule has 4 rings (SSSR count). The van der Waals surface area contributed by atoms with E-state index in [-0.39, 0.29) is 35.9 Å². The van der Waals surface area contributed by atoms with E-state index in [0.29, 0.717) is 54.1 Å². The molecule has 5 heteroatoms. The summed E-state index contributed by atoms with van der Waals surface area (Å²) in [7, 11) is 0. The Labute approximate surface area is 236 Å². The second kappa shape index (κ2) is 12.4. The zero-order valence-corrected chi connectivity index (χ0v) is 24.7. The Kier molecular flexibility index (Phi) is 9.66. The Morgan fingerprint density at radius 1 is 1.10 bits per heavy atom. The summed E-state index contributed by atoms with van der Waals surface area (Å²) < 4.78 is 5.85. The molecule has 1 heterocycles. The molecular weight excluding hydrogens is 488 g/mol. The van der Waals surface area contributed by atoms with E-state index >= 15 is 0 Å². The van der Waals surface area contributed by atoms with Gasteiger partial charge in [-0.2, -0.15) is 0 Å². The molecule has 39 heavy (non-hydrogen) atoms. The van der Waals surface area contributed by atoms with Crippen LogP contribution < -0.4 is 0 Å². The number of ether oxygens (including phenoxy) is 1. The molecule has 1 saturated heterocycles. The van der Waals surface area contributed by atoms with E-state index in [1.807, 2.05) is 0 Å². The highest BCUT2D eigenvalue weighted by atomic mass is 16.6. The maximum absolute atomic E-state index is 12.4. The Hall–Kier alpha value is -1.69. The number of esters is 1. The first kappa shape index (κ1) is 30.3. The normalized spacial score (nSPS) is 40.0. The van der Waals surface area contributed by atoms with Gasteiger partial charge in [0.05, 0.1) is 12.2 Å². The summed E-state index contributed by atoms with van der Waals surface area (Å²) in [5.41, 5.74) is 4.03. The molecule has 3 N–H and O–H groups in total. The van der Waals surface area contributed by atoms with Gasteiger partial charge in [0.1, 0.15) is 6.10 Å². The highest BCUT2D eigenvalue weighted by Crippen LogP contribution is 2.60. The summed E-state index contributed by atoms with van der Waals surface area (Å²) >= 11 is 0. The number of carbonyl (C=O) groups is 1. The number of hydrogen-bond acceptors (Lipinski definition) is 5. The zero-order valence-electron chi connectivity index (χ0n) is 24.7. The lowest BCUT2D eigenvalue weighted by Crippen LogP contribution is -2.38. The van der Waals surface area contributed by atoms with E-state index in [9.17, 15) is 20.1 Å². The van der Waals surface area contributed by atoms with E-state index in [4.69, 9.17) is 4.74 Å². The number of aliphatic hydroxyl groups is 3. The van der Waals surface area contributed by atoms with Gasteiger partial charge in [0.2, 0.25) is 0 Å². The van der Waals surface area contributed by atoms with Gasteiger partial charge in [0, 0.05) is 24.0 Å². The van der Waals surface area contributed by atoms with Crippen LogP contribution in [0.15, 0.2) is 47.6 Å². The number of aliphatic hydroxyl groups excluding tert-OH is 3. The van der Waals surface area contributed by atoms with Gasteiger partial charge in [-0.25, -0.2) is 4.79 Å². The van der Waals surface area contributed by atoms with Gasteiger partial charge in [-0.1, -0.05) is 58.6 Å². The van der Waals surface area contributed by atoms with Crippen molar-refractivity contribution < 1.29 is 24.9 Å². The van der Waals surface area contributed by atoms with Crippen LogP contribution in [-0.2, 0) is 9.53 Å². The molecule has 1 aliphatic heterocycles. The van der Waals surface area contributed by atoms with Gasteiger partial charge in [0.25, 0.3) is 0 Å². The summed E-state index contributed by atoms with van der Waals surface area (Å²) in [6.45, 7) is 17.5. The summed E-state index contributed by atoms with van der Waals surface area (Å²) in [5.74, 6) is 1.76. The van der Waals surface area contributed by atoms with E-state index in [2.05, 4.69) is 53.0 Å². The van der Waals surface area contributed by atoms with Gasteiger partial charge < -0.3 is 20.1 Å². The minimum Gasteiger partial charge on any atom is -0.458 e. The molecule has 5 nitrogen and oxygen atoms in total. The molecule has 9 atom stereocenters. The zero-order chi connectivity index (χ0) is 28.5. The van der Waals surface area contributed by atoms with Crippen LogP contribution in [0, 0.1) is 40.9 Å². The average Bonchev–Trinajstić information content (AvgIpc) is 3.36. The topological polar surface area (TPSA) is 87.0 Å². The SMILES string of the molecule is C=C1C(=CC=C2CCC[C@]3(C)[C@@H]([C@H](C)C[C@H]4OC(=O)C(=C)[C@H]4CC(C)C)CC[C@@H]23)C[C@@H](O)[C@H](CCCO)[C@@H]1O. The minimum atomic E-state index is -0.765. The van der Waals surface area contributed by atoms with Crippen LogP contribution in [0.2, 0.25) is 0 Å². The maximum Gasteiger partial charge on any atom is 0.334 e. The van der Waals surface area contributed by atoms with Crippen molar-refractivity contribution in [3.05, 3.63) is 47.6 Å². The predicted octanol–water partition coefficient (Wildman–Crippen LogP) is 6.30. The van der Waals surface area contributed by atoms with Gasteiger partial charge in [-0.3, -0.25) is 0 Å². The van der Waals surface area contributed by atoms with Gasteiger partial charge >= 0.3 is 5.97 Å². The third-order valence-electron chi connectivity index (χ3n) is 10.8. The van der Waals surface area contributed by atoms with Crippen molar-refractivity contribution >= 4 is 5.97 Å². The third-order valence-corrected chi connectivity index (χ3v) is 10.8. The molecule has 3 aliphatic carbocycles. The number of hydrogen-bond donors (Lipinski definition) is 3. The number of fused-ring (bicyclic) bond motifs is 1. The molecule has 0 radical (unpaired) electrons. The molecule has 4 aliphatic rings. The third kappa shape index (κ3) is 6.16. The van der Waals surface area contributed by atoms with Crippen LogP contribution in [0.25, 0.3) is 0 Å². The molecular formula is C34H52O5. The van der Waals surface area contributed by atoms with Crippen molar-refractivity contribution in [3.63, 3.8) is 0 Å². The molecule has 0 unspecified atom stereocenters. The molecule has 4 fully saturated rings. The summed E-state index contributed by atoms with van der Waals surface area (Å²) in [5, 5.41) is 30.7. The molecule has 0 aromatic heterocycles. The van der Waals surface area contributed by atoms with Crippen LogP contribution in [0.1, 0.15) is 91.9 Å². The molecule has 218 valence electrons. The van der Waals surface area contributed by atoms with E-state index in [0.717, 1.165) is 24.8 Å². The van der Waals surface area contributed by atoms with Crippen molar-refractivity contribution in [2.75, 3.05) is 6.61 Å². The number of allylic oxidation sites excluding steroid dienone is 3. The van der Waals surface area contributed by atoms with Crippen LogP contribution in [0.3, 0.4) is 0 Å². The number of rotatable bonds is 9. The summed E-state index contributed by atoms with van der Waals surface area (Å²) in [4.78, 5) is 12.4. The first-order chi connectivity index (χ1) is 18.5. The highest BCUT2D eigenvalue weighted by Gasteiger charge is 2.52. The largest absolute Gasteiger partial charge is 0.458 e. The predicted molar refractivity (Wildman–Crippen MR) is 156 cm³/mol. The monoisotopic (exact) mass is 540 g/mol. The van der Waals surface area contributed by atoms with Gasteiger partial charge in [0.15, 0.2) is 0 Å². The standard InChI is InChI=1S/C34H52O5/c1-20(2)17-27-23(5)33(38)39-31(27)18-21(3)28-13-14-29-24(9-7-15-34(28,29)6)11-12-25-19-30(36)26(10-8-16-35)32(37)22(25)4/h11-12,20-21,26-32,35-37H,4-5,7-10,13-19H2,1-3,6H3/t21-,26+,27-,28-,29+,30-,31-,32-,34-/m1/s1. The smallest absolute Gasteiger partial charge is 0.334 e. The van der Waals surface area contributed by atoms with Gasteiger partial charge in [-0.15, -0.1) is 0 Å². The molecule has 0 bridgehead atoms. The second-order valence-corrected chi connectivity index (χ2v) is 13.7. The Balaban J connectivity index is 1.46. The van der Waals surface area contributed by atoms with Crippen LogP contribution in [0.4, 0.5) is 0 Å². The fraction of sp³-hybridized carbons (Fsp3) is 0.735. The molecule has 0 spiro atoms. The van der Waals surface area contributed by atoms with Crippen molar-refractivity contribution in [2.45, 2.75) is 110 Å².